The molecule has 0 spiro atoms. The second-order valence-electron chi connectivity index (χ2n) is 7.46. The molecule has 0 saturated heterocycles. The van der Waals surface area contributed by atoms with Gasteiger partial charge in [0, 0.05) is 28.5 Å². The number of hydrogen-bond donors (Lipinski definition) is 1. The van der Waals surface area contributed by atoms with Crippen LogP contribution in [0.5, 0.6) is 5.75 Å². The van der Waals surface area contributed by atoms with Gasteiger partial charge in [0.15, 0.2) is 11.8 Å². The smallest absolute Gasteiger partial charge is 0.287 e. The summed E-state index contributed by atoms with van der Waals surface area (Å²) >= 11 is 1.56. The summed E-state index contributed by atoms with van der Waals surface area (Å²) in [7, 11) is 0. The van der Waals surface area contributed by atoms with E-state index in [1.807, 2.05) is 55.5 Å². The van der Waals surface area contributed by atoms with Crippen molar-refractivity contribution in [3.63, 3.8) is 0 Å². The maximum Gasteiger partial charge on any atom is 0.287 e. The average Bonchev–Trinajstić information content (AvgIpc) is 3.14. The minimum absolute atomic E-state index is 0.222. The lowest BCUT2D eigenvalue weighted by Crippen LogP contribution is -2.30. The number of fused-ring (bicyclic) bond motifs is 1. The molecule has 8 heteroatoms. The van der Waals surface area contributed by atoms with Crippen molar-refractivity contribution in [2.45, 2.75) is 37.5 Å². The molecule has 1 N–H and O–H groups in total. The van der Waals surface area contributed by atoms with Crippen molar-refractivity contribution >= 4 is 29.0 Å². The molecular weight excluding hydrogens is 426 g/mol. The molecule has 0 saturated carbocycles. The highest BCUT2D eigenvalue weighted by molar-refractivity contribution is 7.98. The van der Waals surface area contributed by atoms with E-state index in [1.54, 1.807) is 31.7 Å². The first-order chi connectivity index (χ1) is 15.4. The number of aromatic nitrogens is 2. The maximum absolute atomic E-state index is 12.4. The van der Waals surface area contributed by atoms with Crippen LogP contribution in [-0.2, 0) is 10.5 Å². The lowest BCUT2D eigenvalue weighted by Gasteiger charge is -2.15. The molecule has 0 fully saturated rings. The van der Waals surface area contributed by atoms with Gasteiger partial charge in [0.05, 0.1) is 5.69 Å². The van der Waals surface area contributed by atoms with E-state index in [1.165, 1.54) is 10.6 Å². The molecule has 164 valence electrons. The maximum atomic E-state index is 12.4. The fourth-order valence-corrected chi connectivity index (χ4v) is 3.92. The van der Waals surface area contributed by atoms with Gasteiger partial charge in [0.1, 0.15) is 11.5 Å². The summed E-state index contributed by atoms with van der Waals surface area (Å²) in [4.78, 5) is 30.0. The molecule has 0 radical (unpaired) electrons. The van der Waals surface area contributed by atoms with Crippen LogP contribution in [0.1, 0.15) is 23.9 Å². The van der Waals surface area contributed by atoms with E-state index in [-0.39, 0.29) is 11.5 Å². The molecule has 0 aliphatic rings. The number of carbonyl (C=O) groups excluding carboxylic acids is 1. The zero-order valence-electron chi connectivity index (χ0n) is 18.0. The summed E-state index contributed by atoms with van der Waals surface area (Å²) in [6.07, 6.45) is -0.627. The van der Waals surface area contributed by atoms with Gasteiger partial charge < -0.3 is 14.6 Å². The number of hydrogen-bond acceptors (Lipinski definition) is 6. The molecule has 4 rings (SSSR count). The van der Waals surface area contributed by atoms with E-state index in [2.05, 4.69) is 10.3 Å². The predicted octanol–water partition coefficient (Wildman–Crippen LogP) is 4.60. The summed E-state index contributed by atoms with van der Waals surface area (Å²) in [5.41, 5.74) is 2.71. The third kappa shape index (κ3) is 5.20. The van der Waals surface area contributed by atoms with Crippen LogP contribution >= 0.6 is 11.8 Å². The molecule has 1 atom stereocenters. The van der Waals surface area contributed by atoms with Gasteiger partial charge in [-0.05, 0) is 62.7 Å². The zero-order chi connectivity index (χ0) is 22.7. The Bertz CT molecular complexity index is 1310. The molecule has 0 aliphatic carbocycles. The fraction of sp³-hybridized carbons (Fsp3) is 0.208. The Balaban J connectivity index is 1.33. The number of aryl methyl sites for hydroxylation is 2. The Hall–Kier alpha value is -3.52. The lowest BCUT2D eigenvalue weighted by molar-refractivity contribution is -0.122. The number of ether oxygens (including phenoxy) is 1. The second-order valence-corrected chi connectivity index (χ2v) is 8.51. The van der Waals surface area contributed by atoms with Gasteiger partial charge in [0.25, 0.3) is 11.5 Å². The van der Waals surface area contributed by atoms with Crippen molar-refractivity contribution in [2.24, 2.45) is 0 Å². The van der Waals surface area contributed by atoms with Crippen LogP contribution in [-0.4, -0.2) is 21.6 Å². The van der Waals surface area contributed by atoms with Crippen molar-refractivity contribution in [2.75, 3.05) is 5.32 Å². The highest BCUT2D eigenvalue weighted by atomic mass is 32.2. The summed E-state index contributed by atoms with van der Waals surface area (Å²) < 4.78 is 12.2. The molecule has 0 bridgehead atoms. The van der Waals surface area contributed by atoms with Gasteiger partial charge in [-0.25, -0.2) is 4.98 Å². The SMILES string of the molecule is Cc1cccc(OC(C)C(=O)Nc2ccc(SCc3cc(=O)n4oc(C)cc4n3)cc2)c1. The number of nitrogens with one attached hydrogen (secondary N) is 1. The van der Waals surface area contributed by atoms with Crippen molar-refractivity contribution in [3.05, 3.63) is 88.0 Å². The van der Waals surface area contributed by atoms with E-state index in [4.69, 9.17) is 9.26 Å². The Kier molecular flexibility index (Phi) is 6.32. The van der Waals surface area contributed by atoms with E-state index < -0.39 is 6.10 Å². The molecule has 2 aromatic heterocycles. The number of benzene rings is 2. The Morgan fingerprint density at radius 3 is 2.69 bits per heavy atom. The van der Waals surface area contributed by atoms with Crippen molar-refractivity contribution in [3.8, 4) is 5.75 Å². The van der Waals surface area contributed by atoms with Crippen LogP contribution in [0.3, 0.4) is 0 Å². The monoisotopic (exact) mass is 449 g/mol. The molecule has 32 heavy (non-hydrogen) atoms. The van der Waals surface area contributed by atoms with E-state index >= 15 is 0 Å². The third-order valence-corrected chi connectivity index (χ3v) is 5.75. The minimum Gasteiger partial charge on any atom is -0.481 e. The topological polar surface area (TPSA) is 85.8 Å². The average molecular weight is 450 g/mol. The van der Waals surface area contributed by atoms with Gasteiger partial charge in [0.2, 0.25) is 0 Å². The van der Waals surface area contributed by atoms with Gasteiger partial charge in [-0.15, -0.1) is 16.3 Å². The Morgan fingerprint density at radius 2 is 1.94 bits per heavy atom. The molecule has 7 nitrogen and oxygen atoms in total. The van der Waals surface area contributed by atoms with Crippen LogP contribution < -0.4 is 15.6 Å². The number of thioether (sulfide) groups is 1. The van der Waals surface area contributed by atoms with Gasteiger partial charge in [-0.1, -0.05) is 12.1 Å². The quantitative estimate of drug-likeness (QED) is 0.415. The largest absolute Gasteiger partial charge is 0.481 e. The summed E-state index contributed by atoms with van der Waals surface area (Å²) in [5.74, 6) is 1.62. The fourth-order valence-electron chi connectivity index (χ4n) is 3.13. The Labute approximate surface area is 189 Å². The molecule has 2 aromatic carbocycles. The van der Waals surface area contributed by atoms with Crippen LogP contribution in [0.25, 0.3) is 5.65 Å². The highest BCUT2D eigenvalue weighted by Crippen LogP contribution is 2.24. The molecule has 2 heterocycles. The first-order valence-corrected chi connectivity index (χ1v) is 11.1. The first-order valence-electron chi connectivity index (χ1n) is 10.1. The normalized spacial score (nSPS) is 12.0. The number of amides is 1. The standard InChI is InChI=1S/C24H23N3O4S/c1-15-5-4-6-20(11-15)30-17(3)24(29)26-18-7-9-21(10-8-18)32-14-19-13-23(28)27-22(25-19)12-16(2)31-27/h4-13,17H,14H2,1-3H3,(H,26,29). The molecule has 1 amide bonds. The van der Waals surface area contributed by atoms with E-state index in [9.17, 15) is 9.59 Å². The van der Waals surface area contributed by atoms with Gasteiger partial charge in [-0.2, -0.15) is 0 Å². The molecular formula is C24H23N3O4S. The Morgan fingerprint density at radius 1 is 1.16 bits per heavy atom. The number of carbonyl (C=O) groups is 1. The van der Waals surface area contributed by atoms with Crippen LogP contribution in [0.4, 0.5) is 5.69 Å². The predicted molar refractivity (Wildman–Crippen MR) is 124 cm³/mol. The number of anilines is 1. The van der Waals surface area contributed by atoms with E-state index in [0.29, 0.717) is 34.3 Å². The molecule has 0 aliphatic heterocycles. The zero-order valence-corrected chi connectivity index (χ0v) is 18.8. The van der Waals surface area contributed by atoms with Crippen molar-refractivity contribution in [1.29, 1.82) is 0 Å². The lowest BCUT2D eigenvalue weighted by atomic mass is 10.2. The summed E-state index contributed by atoms with van der Waals surface area (Å²) in [6.45, 7) is 5.47. The third-order valence-electron chi connectivity index (χ3n) is 4.70. The number of rotatable bonds is 7. The van der Waals surface area contributed by atoms with Crippen molar-refractivity contribution in [1.82, 2.24) is 9.56 Å². The first kappa shape index (κ1) is 21.7. The van der Waals surface area contributed by atoms with Crippen LogP contribution in [0.2, 0.25) is 0 Å². The van der Waals surface area contributed by atoms with E-state index in [0.717, 1.165) is 10.5 Å². The summed E-state index contributed by atoms with van der Waals surface area (Å²) in [5, 5.41) is 2.87. The minimum atomic E-state index is -0.627. The second kappa shape index (κ2) is 9.32. The highest BCUT2D eigenvalue weighted by Gasteiger charge is 2.15. The number of nitrogens with zero attached hydrogens (tertiary/aromatic N) is 2. The van der Waals surface area contributed by atoms with Crippen LogP contribution in [0, 0.1) is 13.8 Å². The molecule has 4 aromatic rings. The molecule has 1 unspecified atom stereocenters. The van der Waals surface area contributed by atoms with Crippen molar-refractivity contribution < 1.29 is 14.1 Å². The van der Waals surface area contributed by atoms with Gasteiger partial charge >= 0.3 is 0 Å². The van der Waals surface area contributed by atoms with Gasteiger partial charge in [-0.3, -0.25) is 9.59 Å². The van der Waals surface area contributed by atoms with Crippen LogP contribution in [0.15, 0.2) is 74.9 Å². The summed E-state index contributed by atoms with van der Waals surface area (Å²) in [6, 6.07) is 18.3.